The normalized spacial score (nSPS) is 10.9. The van der Waals surface area contributed by atoms with E-state index in [4.69, 9.17) is 4.42 Å². The highest BCUT2D eigenvalue weighted by Gasteiger charge is 2.14. The van der Waals surface area contributed by atoms with Crippen molar-refractivity contribution in [2.24, 2.45) is 0 Å². The molecule has 1 heterocycles. The highest BCUT2D eigenvalue weighted by atomic mass is 32.2. The fourth-order valence-corrected chi connectivity index (χ4v) is 2.60. The number of carbonyl (C=O) groups is 1. The van der Waals surface area contributed by atoms with Crippen molar-refractivity contribution in [3.05, 3.63) is 48.0 Å². The van der Waals surface area contributed by atoms with Crippen LogP contribution in [0.5, 0.6) is 11.5 Å². The third-order valence-electron chi connectivity index (χ3n) is 2.88. The molecular weight excluding hydrogens is 290 g/mol. The number of nitrogens with zero attached hydrogens (tertiary/aromatic N) is 1. The Balaban J connectivity index is 1.73. The van der Waals surface area contributed by atoms with E-state index in [9.17, 15) is 15.0 Å². The largest absolute Gasteiger partial charge is 0.508 e. The zero-order valence-corrected chi connectivity index (χ0v) is 11.6. The number of ketones is 1. The molecule has 0 aliphatic heterocycles. The fraction of sp³-hybridized carbons (Fsp3) is 0.0667. The first kappa shape index (κ1) is 13.5. The SMILES string of the molecule is O=C(CSc1nc2ccccc2o1)c1ccc(O)cc1O. The van der Waals surface area contributed by atoms with Crippen molar-refractivity contribution in [1.82, 2.24) is 4.98 Å². The summed E-state index contributed by atoms with van der Waals surface area (Å²) in [7, 11) is 0. The van der Waals surface area contributed by atoms with Crippen molar-refractivity contribution >= 4 is 28.6 Å². The second-order valence-electron chi connectivity index (χ2n) is 4.36. The molecule has 5 nitrogen and oxygen atoms in total. The summed E-state index contributed by atoms with van der Waals surface area (Å²) in [6.45, 7) is 0. The summed E-state index contributed by atoms with van der Waals surface area (Å²) in [5.74, 6) is -0.501. The van der Waals surface area contributed by atoms with Crippen molar-refractivity contribution in [2.45, 2.75) is 5.22 Å². The van der Waals surface area contributed by atoms with E-state index in [1.165, 1.54) is 12.1 Å². The van der Waals surface area contributed by atoms with Crippen LogP contribution < -0.4 is 0 Å². The molecule has 1 aromatic heterocycles. The van der Waals surface area contributed by atoms with Crippen LogP contribution in [0.15, 0.2) is 52.1 Å². The average molecular weight is 301 g/mol. The van der Waals surface area contributed by atoms with Crippen molar-refractivity contribution in [3.63, 3.8) is 0 Å². The van der Waals surface area contributed by atoms with Crippen LogP contribution in [0, 0.1) is 0 Å². The molecular formula is C15H11NO4S. The minimum Gasteiger partial charge on any atom is -0.508 e. The summed E-state index contributed by atoms with van der Waals surface area (Å²) in [5.41, 5.74) is 1.57. The van der Waals surface area contributed by atoms with E-state index in [0.29, 0.717) is 10.8 Å². The number of hydrogen-bond donors (Lipinski definition) is 2. The number of fused-ring (bicyclic) bond motifs is 1. The number of carbonyl (C=O) groups excluding carboxylic acids is 1. The van der Waals surface area contributed by atoms with E-state index in [0.717, 1.165) is 23.3 Å². The molecule has 0 saturated heterocycles. The predicted molar refractivity (Wildman–Crippen MR) is 78.8 cm³/mol. The predicted octanol–water partition coefficient (Wildman–Crippen LogP) is 3.21. The maximum atomic E-state index is 12.0. The number of rotatable bonds is 4. The van der Waals surface area contributed by atoms with Crippen molar-refractivity contribution in [3.8, 4) is 11.5 Å². The molecule has 21 heavy (non-hydrogen) atoms. The van der Waals surface area contributed by atoms with E-state index < -0.39 is 0 Å². The van der Waals surface area contributed by atoms with Crippen molar-refractivity contribution in [2.75, 3.05) is 5.75 Å². The standard InChI is InChI=1S/C15H11NO4S/c17-9-5-6-10(12(18)7-9)13(19)8-21-15-16-11-3-1-2-4-14(11)20-15/h1-7,17-18H,8H2. The monoisotopic (exact) mass is 301 g/mol. The van der Waals surface area contributed by atoms with E-state index in [2.05, 4.69) is 4.98 Å². The zero-order chi connectivity index (χ0) is 14.8. The number of hydrogen-bond acceptors (Lipinski definition) is 6. The number of oxazole rings is 1. The van der Waals surface area contributed by atoms with Crippen LogP contribution in [0.1, 0.15) is 10.4 Å². The molecule has 0 bridgehead atoms. The molecule has 0 spiro atoms. The summed E-state index contributed by atoms with van der Waals surface area (Å²) >= 11 is 1.16. The van der Waals surface area contributed by atoms with Crippen molar-refractivity contribution < 1.29 is 19.4 Å². The molecule has 0 amide bonds. The number of aromatic hydroxyl groups is 2. The van der Waals surface area contributed by atoms with Gasteiger partial charge in [0.15, 0.2) is 11.4 Å². The topological polar surface area (TPSA) is 83.6 Å². The van der Waals surface area contributed by atoms with Crippen LogP contribution in [0.4, 0.5) is 0 Å². The summed E-state index contributed by atoms with van der Waals surface area (Å²) in [5, 5.41) is 19.3. The molecule has 0 fully saturated rings. The minimum atomic E-state index is -0.264. The van der Waals surface area contributed by atoms with Gasteiger partial charge >= 0.3 is 0 Å². The van der Waals surface area contributed by atoms with Crippen LogP contribution >= 0.6 is 11.8 Å². The smallest absolute Gasteiger partial charge is 0.257 e. The third-order valence-corrected chi connectivity index (χ3v) is 3.71. The molecule has 0 aliphatic carbocycles. The van der Waals surface area contributed by atoms with Gasteiger partial charge in [-0.05, 0) is 24.3 Å². The quantitative estimate of drug-likeness (QED) is 0.568. The molecule has 0 atom stereocenters. The first-order chi connectivity index (χ1) is 10.1. The molecule has 0 unspecified atom stereocenters. The number of thioether (sulfide) groups is 1. The number of phenols is 2. The van der Waals surface area contributed by atoms with E-state index in [-0.39, 0.29) is 28.6 Å². The van der Waals surface area contributed by atoms with Crippen molar-refractivity contribution in [1.29, 1.82) is 0 Å². The molecule has 0 saturated carbocycles. The summed E-state index contributed by atoms with van der Waals surface area (Å²) in [6.07, 6.45) is 0. The zero-order valence-electron chi connectivity index (χ0n) is 10.8. The number of phenolic OH excluding ortho intramolecular Hbond substituents is 2. The Morgan fingerprint density at radius 3 is 2.76 bits per heavy atom. The average Bonchev–Trinajstić information content (AvgIpc) is 2.87. The third kappa shape index (κ3) is 2.85. The van der Waals surface area contributed by atoms with Gasteiger partial charge in [-0.25, -0.2) is 4.98 Å². The van der Waals surface area contributed by atoms with Gasteiger partial charge in [0.05, 0.1) is 11.3 Å². The van der Waals surface area contributed by atoms with Gasteiger partial charge in [0.25, 0.3) is 5.22 Å². The second-order valence-corrected chi connectivity index (χ2v) is 5.29. The molecule has 3 aromatic rings. The van der Waals surface area contributed by atoms with Gasteiger partial charge in [-0.2, -0.15) is 0 Å². The lowest BCUT2D eigenvalue weighted by Crippen LogP contribution is -2.02. The summed E-state index contributed by atoms with van der Waals surface area (Å²) in [4.78, 5) is 16.3. The minimum absolute atomic E-state index is 0.0874. The Morgan fingerprint density at radius 1 is 1.19 bits per heavy atom. The lowest BCUT2D eigenvalue weighted by molar-refractivity contribution is 0.101. The Hall–Kier alpha value is -2.47. The number of benzene rings is 2. The van der Waals surface area contributed by atoms with Crippen LogP contribution in [0.25, 0.3) is 11.1 Å². The van der Waals surface area contributed by atoms with E-state index in [1.807, 2.05) is 18.2 Å². The Morgan fingerprint density at radius 2 is 2.00 bits per heavy atom. The highest BCUT2D eigenvalue weighted by Crippen LogP contribution is 2.27. The van der Waals surface area contributed by atoms with Crippen LogP contribution in [-0.2, 0) is 0 Å². The maximum Gasteiger partial charge on any atom is 0.257 e. The second kappa shape index (κ2) is 5.49. The van der Waals surface area contributed by atoms with Crippen LogP contribution in [0.2, 0.25) is 0 Å². The lowest BCUT2D eigenvalue weighted by atomic mass is 10.1. The Kier molecular flexibility index (Phi) is 3.53. The van der Waals surface area contributed by atoms with Gasteiger partial charge in [0.2, 0.25) is 0 Å². The fourth-order valence-electron chi connectivity index (χ4n) is 1.87. The van der Waals surface area contributed by atoms with Gasteiger partial charge in [-0.1, -0.05) is 23.9 Å². The van der Waals surface area contributed by atoms with Gasteiger partial charge in [0.1, 0.15) is 17.0 Å². The van der Waals surface area contributed by atoms with Gasteiger partial charge < -0.3 is 14.6 Å². The molecule has 2 N–H and O–H groups in total. The van der Waals surface area contributed by atoms with E-state index in [1.54, 1.807) is 6.07 Å². The van der Waals surface area contributed by atoms with Gasteiger partial charge in [-0.15, -0.1) is 0 Å². The Labute approximate surface area is 124 Å². The number of aromatic nitrogens is 1. The van der Waals surface area contributed by atoms with Crippen LogP contribution in [-0.4, -0.2) is 26.7 Å². The van der Waals surface area contributed by atoms with Gasteiger partial charge in [-0.3, -0.25) is 4.79 Å². The molecule has 2 aromatic carbocycles. The molecule has 3 rings (SSSR count). The number of Topliss-reactive ketones (excluding diaryl/α,β-unsaturated/α-hetero) is 1. The number of para-hydroxylation sites is 2. The molecule has 0 radical (unpaired) electrons. The maximum absolute atomic E-state index is 12.0. The summed E-state index contributed by atoms with van der Waals surface area (Å²) < 4.78 is 5.50. The molecule has 106 valence electrons. The molecule has 0 aliphatic rings. The Bertz CT molecular complexity index is 779. The first-order valence-corrected chi connectivity index (χ1v) is 7.15. The lowest BCUT2D eigenvalue weighted by Gasteiger charge is -2.02. The van der Waals surface area contributed by atoms with E-state index >= 15 is 0 Å². The molecule has 6 heteroatoms. The van der Waals surface area contributed by atoms with Gasteiger partial charge in [0, 0.05) is 6.07 Å². The highest BCUT2D eigenvalue weighted by molar-refractivity contribution is 7.99. The first-order valence-electron chi connectivity index (χ1n) is 6.17. The van der Waals surface area contributed by atoms with Crippen LogP contribution in [0.3, 0.4) is 0 Å². The summed E-state index contributed by atoms with van der Waals surface area (Å²) in [6, 6.07) is 11.2.